The first-order valence-electron chi connectivity index (χ1n) is 8.11. The van der Waals surface area contributed by atoms with Gasteiger partial charge in [0.05, 0.1) is 13.4 Å². The third-order valence-corrected chi connectivity index (χ3v) is 4.50. The Morgan fingerprint density at radius 2 is 2.17 bits per heavy atom. The summed E-state index contributed by atoms with van der Waals surface area (Å²) in [6.45, 7) is 6.52. The lowest BCUT2D eigenvalue weighted by Gasteiger charge is -2.38. The number of nitrogens with one attached hydrogen (secondary N) is 1. The molecule has 8 nitrogen and oxygen atoms in total. The number of guanidine groups is 1. The van der Waals surface area contributed by atoms with Crippen molar-refractivity contribution in [3.8, 4) is 0 Å². The number of carbonyl (C=O) groups is 2. The van der Waals surface area contributed by atoms with E-state index in [9.17, 15) is 9.59 Å². The van der Waals surface area contributed by atoms with Gasteiger partial charge in [-0.1, -0.05) is 6.92 Å². The average Bonchev–Trinajstić information content (AvgIpc) is 3.15. The maximum atomic E-state index is 12.5. The number of hydrogen-bond acceptors (Lipinski definition) is 7. The predicted octanol–water partition coefficient (Wildman–Crippen LogP) is 0.233. The standard InChI is InChI=1S/C16H22N4O4/c1-3-19-6-8-20(9-7-19)16-17-13(11-5-4-10-24-11)12(14(21)18-16)15(22)23-2/h4-5,10,12-13H,3,6-9H2,1-2H3,(H,17,18,21)/t12-,13+/m0/s1. The maximum absolute atomic E-state index is 12.5. The Bertz CT molecular complexity index is 620. The van der Waals surface area contributed by atoms with Crippen LogP contribution < -0.4 is 5.32 Å². The van der Waals surface area contributed by atoms with Crippen LogP contribution in [0, 0.1) is 5.92 Å². The maximum Gasteiger partial charge on any atom is 0.320 e. The molecule has 3 heterocycles. The number of amides is 1. The van der Waals surface area contributed by atoms with E-state index in [1.807, 2.05) is 4.90 Å². The SMILES string of the molecule is CCN1CCN(C2=N[C@H](c3ccco3)[C@H](C(=O)OC)C(=O)N2)CC1. The minimum absolute atomic E-state index is 0.411. The Morgan fingerprint density at radius 1 is 1.42 bits per heavy atom. The Morgan fingerprint density at radius 3 is 2.75 bits per heavy atom. The highest BCUT2D eigenvalue weighted by molar-refractivity contribution is 6.08. The fraction of sp³-hybridized carbons (Fsp3) is 0.562. The average molecular weight is 334 g/mol. The molecule has 8 heteroatoms. The molecule has 0 bridgehead atoms. The highest BCUT2D eigenvalue weighted by Gasteiger charge is 2.43. The summed E-state index contributed by atoms with van der Waals surface area (Å²) in [5.41, 5.74) is 0. The van der Waals surface area contributed by atoms with Gasteiger partial charge >= 0.3 is 5.97 Å². The van der Waals surface area contributed by atoms with Gasteiger partial charge in [0.2, 0.25) is 11.9 Å². The molecule has 0 aromatic carbocycles. The van der Waals surface area contributed by atoms with Gasteiger partial charge in [-0.3, -0.25) is 14.9 Å². The van der Waals surface area contributed by atoms with E-state index in [1.165, 1.54) is 13.4 Å². The van der Waals surface area contributed by atoms with Crippen LogP contribution in [0.5, 0.6) is 0 Å². The van der Waals surface area contributed by atoms with E-state index in [2.05, 4.69) is 22.1 Å². The van der Waals surface area contributed by atoms with Gasteiger partial charge in [-0.15, -0.1) is 0 Å². The zero-order valence-electron chi connectivity index (χ0n) is 13.9. The van der Waals surface area contributed by atoms with Gasteiger partial charge in [-0.25, -0.2) is 4.99 Å². The molecule has 2 aliphatic rings. The molecule has 1 aromatic rings. The van der Waals surface area contributed by atoms with Crippen molar-refractivity contribution >= 4 is 17.8 Å². The first kappa shape index (κ1) is 16.5. The number of nitrogens with zero attached hydrogens (tertiary/aromatic N) is 3. The van der Waals surface area contributed by atoms with E-state index in [4.69, 9.17) is 9.15 Å². The van der Waals surface area contributed by atoms with Crippen LogP contribution in [0.1, 0.15) is 18.7 Å². The van der Waals surface area contributed by atoms with Gasteiger partial charge in [-0.2, -0.15) is 0 Å². The largest absolute Gasteiger partial charge is 0.468 e. The van der Waals surface area contributed by atoms with Crippen molar-refractivity contribution in [1.29, 1.82) is 0 Å². The molecular weight excluding hydrogens is 312 g/mol. The highest BCUT2D eigenvalue weighted by Crippen LogP contribution is 2.31. The molecule has 0 unspecified atom stereocenters. The molecule has 0 aliphatic carbocycles. The van der Waals surface area contributed by atoms with Crippen LogP contribution in [0.15, 0.2) is 27.8 Å². The zero-order valence-corrected chi connectivity index (χ0v) is 13.9. The van der Waals surface area contributed by atoms with E-state index in [-0.39, 0.29) is 0 Å². The van der Waals surface area contributed by atoms with E-state index in [0.717, 1.165) is 32.7 Å². The lowest BCUT2D eigenvalue weighted by Crippen LogP contribution is -2.57. The van der Waals surface area contributed by atoms with Gasteiger partial charge in [0.1, 0.15) is 11.8 Å². The smallest absolute Gasteiger partial charge is 0.320 e. The molecule has 2 atom stereocenters. The summed E-state index contributed by atoms with van der Waals surface area (Å²) in [4.78, 5) is 33.5. The lowest BCUT2D eigenvalue weighted by atomic mass is 9.95. The predicted molar refractivity (Wildman–Crippen MR) is 86.2 cm³/mol. The second-order valence-corrected chi connectivity index (χ2v) is 5.82. The van der Waals surface area contributed by atoms with E-state index in [1.54, 1.807) is 12.1 Å². The van der Waals surface area contributed by atoms with Crippen LogP contribution >= 0.6 is 0 Å². The number of ether oxygens (including phenoxy) is 1. The Kier molecular flexibility index (Phi) is 4.84. The second-order valence-electron chi connectivity index (χ2n) is 5.82. The zero-order chi connectivity index (χ0) is 17.1. The van der Waals surface area contributed by atoms with E-state index in [0.29, 0.717) is 11.7 Å². The monoisotopic (exact) mass is 334 g/mol. The summed E-state index contributed by atoms with van der Waals surface area (Å²) >= 11 is 0. The number of furan rings is 1. The number of likely N-dealkylation sites (N-methyl/N-ethyl adjacent to an activating group) is 1. The minimum Gasteiger partial charge on any atom is -0.468 e. The molecule has 1 amide bonds. The Balaban J connectivity index is 1.86. The fourth-order valence-corrected chi connectivity index (χ4v) is 3.06. The first-order chi connectivity index (χ1) is 11.6. The van der Waals surface area contributed by atoms with Crippen LogP contribution in [0.2, 0.25) is 0 Å². The van der Waals surface area contributed by atoms with Crippen LogP contribution in [-0.4, -0.2) is 67.5 Å². The summed E-state index contributed by atoms with van der Waals surface area (Å²) in [7, 11) is 1.26. The summed E-state index contributed by atoms with van der Waals surface area (Å²) in [5, 5.41) is 2.75. The first-order valence-corrected chi connectivity index (χ1v) is 8.11. The number of hydrogen-bond donors (Lipinski definition) is 1. The fourth-order valence-electron chi connectivity index (χ4n) is 3.06. The normalized spacial score (nSPS) is 25.2. The van der Waals surface area contributed by atoms with Crippen molar-refractivity contribution in [2.75, 3.05) is 39.8 Å². The van der Waals surface area contributed by atoms with E-state index < -0.39 is 23.8 Å². The van der Waals surface area contributed by atoms with Crippen molar-refractivity contribution in [2.45, 2.75) is 13.0 Å². The van der Waals surface area contributed by atoms with Gasteiger partial charge in [0.15, 0.2) is 5.92 Å². The summed E-state index contributed by atoms with van der Waals surface area (Å²) in [6, 6.07) is 2.72. The van der Waals surface area contributed by atoms with Crippen LogP contribution in [0.4, 0.5) is 0 Å². The molecule has 1 N–H and O–H groups in total. The van der Waals surface area contributed by atoms with Crippen LogP contribution in [0.25, 0.3) is 0 Å². The van der Waals surface area contributed by atoms with Crippen molar-refractivity contribution in [3.05, 3.63) is 24.2 Å². The van der Waals surface area contributed by atoms with Crippen LogP contribution in [0.3, 0.4) is 0 Å². The van der Waals surface area contributed by atoms with Gasteiger partial charge in [0, 0.05) is 26.2 Å². The molecule has 3 rings (SSSR count). The molecule has 130 valence electrons. The van der Waals surface area contributed by atoms with Crippen molar-refractivity contribution < 1.29 is 18.7 Å². The summed E-state index contributed by atoms with van der Waals surface area (Å²) in [6.07, 6.45) is 1.51. The second kappa shape index (κ2) is 7.04. The topological polar surface area (TPSA) is 87.4 Å². The molecule has 1 saturated heterocycles. The summed E-state index contributed by atoms with van der Waals surface area (Å²) < 4.78 is 10.2. The van der Waals surface area contributed by atoms with Gasteiger partial charge < -0.3 is 19.0 Å². The Hall–Kier alpha value is -2.35. The number of methoxy groups -OCH3 is 1. The van der Waals surface area contributed by atoms with Crippen molar-refractivity contribution in [1.82, 2.24) is 15.1 Å². The molecule has 2 aliphatic heterocycles. The minimum atomic E-state index is -1.04. The molecule has 1 aromatic heterocycles. The number of esters is 1. The third-order valence-electron chi connectivity index (χ3n) is 4.50. The number of aliphatic imine (C=N–C) groups is 1. The Labute approximate surface area is 140 Å². The number of carbonyl (C=O) groups excluding carboxylic acids is 2. The van der Waals surface area contributed by atoms with Gasteiger partial charge in [-0.05, 0) is 18.7 Å². The number of rotatable bonds is 3. The highest BCUT2D eigenvalue weighted by atomic mass is 16.5. The summed E-state index contributed by atoms with van der Waals surface area (Å²) in [5.74, 6) is -1.09. The third kappa shape index (κ3) is 3.14. The van der Waals surface area contributed by atoms with Crippen molar-refractivity contribution in [2.24, 2.45) is 10.9 Å². The molecule has 24 heavy (non-hydrogen) atoms. The van der Waals surface area contributed by atoms with Gasteiger partial charge in [0.25, 0.3) is 0 Å². The number of piperazine rings is 1. The quantitative estimate of drug-likeness (QED) is 0.629. The molecular formula is C16H22N4O4. The molecule has 0 spiro atoms. The van der Waals surface area contributed by atoms with E-state index >= 15 is 0 Å². The molecule has 0 saturated carbocycles. The molecule has 1 fully saturated rings. The lowest BCUT2D eigenvalue weighted by molar-refractivity contribution is -0.151. The van der Waals surface area contributed by atoms with Crippen molar-refractivity contribution in [3.63, 3.8) is 0 Å². The molecule has 0 radical (unpaired) electrons. The van der Waals surface area contributed by atoms with Crippen LogP contribution in [-0.2, 0) is 14.3 Å².